The molecule has 6 rings (SSSR count). The van der Waals surface area contributed by atoms with Gasteiger partial charge in [0.05, 0.1) is 18.4 Å². The molecule has 2 aliphatic heterocycles. The summed E-state index contributed by atoms with van der Waals surface area (Å²) < 4.78 is 0. The molecule has 0 unspecified atom stereocenters. The van der Waals surface area contributed by atoms with Crippen molar-refractivity contribution >= 4 is 17.2 Å². The second-order valence-corrected chi connectivity index (χ2v) is 9.47. The third-order valence-electron chi connectivity index (χ3n) is 7.09. The van der Waals surface area contributed by atoms with Crippen molar-refractivity contribution in [1.82, 2.24) is 4.90 Å². The summed E-state index contributed by atoms with van der Waals surface area (Å²) in [5, 5.41) is 0. The topological polar surface area (TPSA) is 18.8 Å². The van der Waals surface area contributed by atoms with Gasteiger partial charge < -0.3 is 9.80 Å². The number of aryl methyl sites for hydroxylation is 3. The maximum absolute atomic E-state index is 5.38. The smallest absolute Gasteiger partial charge is 0.135 e. The molecule has 0 bridgehead atoms. The molecule has 0 N–H and O–H groups in total. The molecule has 0 radical (unpaired) electrons. The van der Waals surface area contributed by atoms with Crippen LogP contribution in [0.25, 0.3) is 0 Å². The third-order valence-corrected chi connectivity index (χ3v) is 7.09. The van der Waals surface area contributed by atoms with Gasteiger partial charge in [-0.05, 0) is 55.2 Å². The monoisotopic (exact) mass is 443 g/mol. The molecule has 34 heavy (non-hydrogen) atoms. The van der Waals surface area contributed by atoms with Gasteiger partial charge in [0.2, 0.25) is 0 Å². The van der Waals surface area contributed by atoms with Crippen LogP contribution >= 0.6 is 0 Å². The van der Waals surface area contributed by atoms with Crippen LogP contribution in [0.5, 0.6) is 0 Å². The molecule has 2 heterocycles. The lowest BCUT2D eigenvalue weighted by molar-refractivity contribution is 0.313. The van der Waals surface area contributed by atoms with Crippen LogP contribution in [0.4, 0.5) is 11.4 Å². The Morgan fingerprint density at radius 1 is 0.706 bits per heavy atom. The second kappa shape index (κ2) is 8.18. The van der Waals surface area contributed by atoms with E-state index in [-0.39, 0.29) is 12.1 Å². The van der Waals surface area contributed by atoms with Gasteiger partial charge in [-0.25, -0.2) is 0 Å². The van der Waals surface area contributed by atoms with Crippen LogP contribution in [0, 0.1) is 20.8 Å². The van der Waals surface area contributed by atoms with Crippen molar-refractivity contribution < 1.29 is 0 Å². The number of amidine groups is 1. The van der Waals surface area contributed by atoms with E-state index in [1.165, 1.54) is 44.8 Å². The fraction of sp³-hybridized carbons (Fsp3) is 0.194. The highest BCUT2D eigenvalue weighted by Crippen LogP contribution is 2.48. The first kappa shape index (κ1) is 20.7. The van der Waals surface area contributed by atoms with Crippen molar-refractivity contribution in [2.45, 2.75) is 32.9 Å². The lowest BCUT2D eigenvalue weighted by Crippen LogP contribution is -2.45. The van der Waals surface area contributed by atoms with Crippen molar-refractivity contribution in [1.29, 1.82) is 0 Å². The first-order valence-corrected chi connectivity index (χ1v) is 12.0. The predicted octanol–water partition coefficient (Wildman–Crippen LogP) is 7.27. The molecule has 4 aromatic carbocycles. The number of rotatable bonds is 3. The van der Waals surface area contributed by atoms with E-state index in [0.29, 0.717) is 0 Å². The fourth-order valence-corrected chi connectivity index (χ4v) is 5.79. The average molecular weight is 444 g/mol. The Morgan fingerprint density at radius 2 is 1.29 bits per heavy atom. The second-order valence-electron chi connectivity index (χ2n) is 9.47. The van der Waals surface area contributed by atoms with E-state index in [0.717, 1.165) is 12.5 Å². The highest BCUT2D eigenvalue weighted by molar-refractivity contribution is 6.07. The van der Waals surface area contributed by atoms with Gasteiger partial charge in [0.15, 0.2) is 0 Å². The first-order chi connectivity index (χ1) is 16.6. The maximum atomic E-state index is 5.38. The summed E-state index contributed by atoms with van der Waals surface area (Å²) in [5.74, 6) is 1.09. The lowest BCUT2D eigenvalue weighted by Gasteiger charge is -2.42. The minimum Gasteiger partial charge on any atom is -0.329 e. The number of hydrogen-bond acceptors (Lipinski definition) is 3. The molecule has 0 amide bonds. The fourth-order valence-electron chi connectivity index (χ4n) is 5.79. The molecule has 0 saturated heterocycles. The van der Waals surface area contributed by atoms with Crippen molar-refractivity contribution in [3.8, 4) is 0 Å². The Hall–Kier alpha value is -3.85. The molecule has 2 aliphatic rings. The van der Waals surface area contributed by atoms with Gasteiger partial charge in [0.1, 0.15) is 11.9 Å². The third kappa shape index (κ3) is 3.31. The van der Waals surface area contributed by atoms with Gasteiger partial charge in [0, 0.05) is 11.3 Å². The van der Waals surface area contributed by atoms with Crippen molar-refractivity contribution in [2.75, 3.05) is 11.6 Å². The molecular weight excluding hydrogens is 414 g/mol. The largest absolute Gasteiger partial charge is 0.329 e. The van der Waals surface area contributed by atoms with E-state index in [9.17, 15) is 0 Å². The number of benzene rings is 4. The van der Waals surface area contributed by atoms with Crippen LogP contribution in [-0.4, -0.2) is 17.4 Å². The molecule has 168 valence electrons. The molecule has 0 fully saturated rings. The summed E-state index contributed by atoms with van der Waals surface area (Å²) in [7, 11) is 0. The number of nitrogens with zero attached hydrogens (tertiary/aromatic N) is 3. The van der Waals surface area contributed by atoms with E-state index in [4.69, 9.17) is 4.99 Å². The maximum Gasteiger partial charge on any atom is 0.135 e. The normalized spacial score (nSPS) is 19.0. The van der Waals surface area contributed by atoms with E-state index < -0.39 is 0 Å². The quantitative estimate of drug-likeness (QED) is 0.332. The van der Waals surface area contributed by atoms with E-state index in [2.05, 4.69) is 128 Å². The van der Waals surface area contributed by atoms with Crippen LogP contribution in [0.2, 0.25) is 0 Å². The molecule has 4 aromatic rings. The Labute approximate surface area is 202 Å². The van der Waals surface area contributed by atoms with E-state index in [1.807, 2.05) is 0 Å². The molecule has 2 atom stereocenters. The van der Waals surface area contributed by atoms with Crippen molar-refractivity contribution in [2.24, 2.45) is 4.99 Å². The number of hydrogen-bond donors (Lipinski definition) is 0. The summed E-state index contributed by atoms with van der Waals surface area (Å²) in [5.41, 5.74) is 10.2. The molecule has 0 aliphatic carbocycles. The van der Waals surface area contributed by atoms with Gasteiger partial charge in [-0.1, -0.05) is 90.5 Å². The Balaban J connectivity index is 1.54. The highest BCUT2D eigenvalue weighted by Gasteiger charge is 2.43. The van der Waals surface area contributed by atoms with E-state index >= 15 is 0 Å². The first-order valence-electron chi connectivity index (χ1n) is 12.0. The number of aliphatic imine (C=N–C) groups is 1. The van der Waals surface area contributed by atoms with Gasteiger partial charge in [-0.2, -0.15) is 0 Å². The number of para-hydroxylation sites is 1. The molecule has 0 spiro atoms. The average Bonchev–Trinajstić information content (AvgIpc) is 3.24. The van der Waals surface area contributed by atoms with Gasteiger partial charge in [-0.15, -0.1) is 0 Å². The van der Waals surface area contributed by atoms with Crippen LogP contribution < -0.4 is 4.90 Å². The summed E-state index contributed by atoms with van der Waals surface area (Å²) >= 11 is 0. The lowest BCUT2D eigenvalue weighted by atomic mass is 9.93. The minimum atomic E-state index is 0.0480. The van der Waals surface area contributed by atoms with Crippen molar-refractivity contribution in [3.63, 3.8) is 0 Å². The Bertz CT molecular complexity index is 1350. The zero-order valence-electron chi connectivity index (χ0n) is 19.9. The molecule has 3 nitrogen and oxygen atoms in total. The number of anilines is 2. The highest BCUT2D eigenvalue weighted by atomic mass is 15.4. The van der Waals surface area contributed by atoms with Crippen molar-refractivity contribution in [3.05, 3.63) is 130 Å². The van der Waals surface area contributed by atoms with Crippen LogP contribution in [0.3, 0.4) is 0 Å². The standard InChI is InChI=1S/C31H29N3/c1-21-18-22(2)29(23(3)19-21)33-20-34-30(25-14-8-5-9-15-25)28(24-12-6-4-7-13-24)32-31(34)26-16-10-11-17-27(26)33/h4-19,28,30H,20H2,1-3H3/t28-,30-/m0/s1. The summed E-state index contributed by atoms with van der Waals surface area (Å²) in [6.45, 7) is 7.40. The molecule has 0 aromatic heterocycles. The van der Waals surface area contributed by atoms with Crippen LogP contribution in [-0.2, 0) is 0 Å². The SMILES string of the molecule is Cc1cc(C)c(N2CN3C(=N[C@@H](c4ccccc4)[C@@H]3c3ccccc3)c3ccccc32)c(C)c1. The molecule has 0 saturated carbocycles. The minimum absolute atomic E-state index is 0.0480. The summed E-state index contributed by atoms with van der Waals surface area (Å²) in [6, 6.07) is 35.1. The van der Waals surface area contributed by atoms with Crippen LogP contribution in [0.1, 0.15) is 45.5 Å². The Morgan fingerprint density at radius 3 is 1.97 bits per heavy atom. The molecular formula is C31H29N3. The van der Waals surface area contributed by atoms with Crippen LogP contribution in [0.15, 0.2) is 102 Å². The molecule has 3 heteroatoms. The summed E-state index contributed by atoms with van der Waals surface area (Å²) in [4.78, 5) is 10.4. The van der Waals surface area contributed by atoms with E-state index in [1.54, 1.807) is 0 Å². The zero-order chi connectivity index (χ0) is 23.2. The zero-order valence-corrected chi connectivity index (χ0v) is 19.9. The predicted molar refractivity (Wildman–Crippen MR) is 141 cm³/mol. The number of fused-ring (bicyclic) bond motifs is 3. The van der Waals surface area contributed by atoms with Gasteiger partial charge >= 0.3 is 0 Å². The van der Waals surface area contributed by atoms with Gasteiger partial charge in [-0.3, -0.25) is 4.99 Å². The Kier molecular flexibility index (Phi) is 4.99. The summed E-state index contributed by atoms with van der Waals surface area (Å²) in [6.07, 6.45) is 0. The van der Waals surface area contributed by atoms with Gasteiger partial charge in [0.25, 0.3) is 0 Å².